The van der Waals surface area contributed by atoms with Crippen LogP contribution in [0.15, 0.2) is 24.3 Å². The molecule has 1 rings (SSSR count). The third-order valence-corrected chi connectivity index (χ3v) is 9.38. The summed E-state index contributed by atoms with van der Waals surface area (Å²) in [7, 11) is -0.997. The van der Waals surface area contributed by atoms with E-state index in [1.54, 1.807) is 0 Å². The molecular weight excluding hydrogens is 386 g/mol. The smallest absolute Gasteiger partial charge is 0.338 e. The highest BCUT2D eigenvalue weighted by Gasteiger charge is 2.19. The molecular formula is C26H47NO2Si. The Kier molecular flexibility index (Phi) is 14.6. The number of unbranched alkanes of at least 4 members (excludes halogenated alkanes) is 9. The number of hydrogen-bond acceptors (Lipinski definition) is 3. The molecule has 0 saturated heterocycles. The van der Waals surface area contributed by atoms with Gasteiger partial charge in [-0.25, -0.2) is 4.79 Å². The minimum Gasteiger partial charge on any atom is -0.462 e. The van der Waals surface area contributed by atoms with E-state index in [4.69, 9.17) is 4.74 Å². The molecule has 0 spiro atoms. The molecule has 0 aliphatic carbocycles. The van der Waals surface area contributed by atoms with Crippen LogP contribution in [0.25, 0.3) is 0 Å². The molecule has 0 aliphatic heterocycles. The molecule has 0 saturated carbocycles. The second-order valence-electron chi connectivity index (χ2n) is 9.42. The van der Waals surface area contributed by atoms with Gasteiger partial charge in [-0.1, -0.05) is 96.3 Å². The van der Waals surface area contributed by atoms with E-state index in [2.05, 4.69) is 25.3 Å². The van der Waals surface area contributed by atoms with Crippen LogP contribution in [-0.2, 0) is 4.74 Å². The van der Waals surface area contributed by atoms with E-state index >= 15 is 0 Å². The van der Waals surface area contributed by atoms with Gasteiger partial charge in [0.1, 0.15) is 0 Å². The van der Waals surface area contributed by atoms with Gasteiger partial charge in [0.05, 0.1) is 12.2 Å². The lowest BCUT2D eigenvalue weighted by molar-refractivity contribution is 0.0526. The van der Waals surface area contributed by atoms with Crippen LogP contribution in [-0.4, -0.2) is 27.2 Å². The zero-order valence-electron chi connectivity index (χ0n) is 20.2. The van der Waals surface area contributed by atoms with E-state index in [0.717, 1.165) is 12.2 Å². The first-order valence-corrected chi connectivity index (χ1v) is 15.9. The van der Waals surface area contributed by atoms with Crippen molar-refractivity contribution in [1.29, 1.82) is 0 Å². The fraction of sp³-hybridized carbons (Fsp3) is 0.731. The molecule has 0 bridgehead atoms. The van der Waals surface area contributed by atoms with E-state index in [1.165, 1.54) is 82.7 Å². The van der Waals surface area contributed by atoms with Gasteiger partial charge in [-0.05, 0) is 37.6 Å². The molecule has 172 valence electrons. The van der Waals surface area contributed by atoms with Gasteiger partial charge >= 0.3 is 5.97 Å². The Hall–Kier alpha value is -1.29. The summed E-state index contributed by atoms with van der Waals surface area (Å²) in [6.07, 6.45) is 15.3. The number of carbonyl (C=O) groups excluding carboxylic acids is 1. The Morgan fingerprint density at radius 1 is 0.800 bits per heavy atom. The van der Waals surface area contributed by atoms with E-state index in [0.29, 0.717) is 12.2 Å². The standard InChI is InChI=1S/C26H47NO2Si/c1-5-7-8-9-10-11-12-15-22-30(3,4)23-16-13-14-21-27-25-19-17-24(18-20-25)26(28)29-6-2/h17-20,27H,5-16,21-23H2,1-4H3. The minimum atomic E-state index is -0.997. The number of anilines is 1. The normalized spacial score (nSPS) is 11.5. The molecule has 1 aromatic carbocycles. The summed E-state index contributed by atoms with van der Waals surface area (Å²) in [6.45, 7) is 10.7. The number of benzene rings is 1. The Morgan fingerprint density at radius 3 is 1.90 bits per heavy atom. The predicted molar refractivity (Wildman–Crippen MR) is 134 cm³/mol. The Morgan fingerprint density at radius 2 is 1.33 bits per heavy atom. The molecule has 0 aromatic heterocycles. The van der Waals surface area contributed by atoms with Crippen molar-refractivity contribution in [3.8, 4) is 0 Å². The number of nitrogens with one attached hydrogen (secondary N) is 1. The van der Waals surface area contributed by atoms with E-state index < -0.39 is 8.07 Å². The third-order valence-electron chi connectivity index (χ3n) is 5.96. The number of hydrogen-bond donors (Lipinski definition) is 1. The number of esters is 1. The molecule has 1 N–H and O–H groups in total. The van der Waals surface area contributed by atoms with Gasteiger partial charge in [0.25, 0.3) is 0 Å². The summed E-state index contributed by atoms with van der Waals surface area (Å²) in [5.41, 5.74) is 1.69. The zero-order valence-corrected chi connectivity index (χ0v) is 21.2. The monoisotopic (exact) mass is 433 g/mol. The quantitative estimate of drug-likeness (QED) is 0.144. The van der Waals surface area contributed by atoms with Crippen molar-refractivity contribution in [1.82, 2.24) is 0 Å². The van der Waals surface area contributed by atoms with Crippen LogP contribution >= 0.6 is 0 Å². The molecule has 1 aromatic rings. The summed E-state index contributed by atoms with van der Waals surface area (Å²) in [6, 6.07) is 10.6. The Labute approximate surface area is 187 Å². The Bertz CT molecular complexity index is 557. The van der Waals surface area contributed by atoms with Crippen molar-refractivity contribution in [2.45, 2.75) is 110 Å². The highest BCUT2D eigenvalue weighted by atomic mass is 28.3. The van der Waals surface area contributed by atoms with Crippen LogP contribution < -0.4 is 5.32 Å². The lowest BCUT2D eigenvalue weighted by atomic mass is 10.1. The molecule has 0 aliphatic rings. The third kappa shape index (κ3) is 13.1. The van der Waals surface area contributed by atoms with Crippen LogP contribution in [0.4, 0.5) is 5.69 Å². The van der Waals surface area contributed by atoms with E-state index in [-0.39, 0.29) is 5.97 Å². The van der Waals surface area contributed by atoms with Gasteiger partial charge in [0.2, 0.25) is 0 Å². The van der Waals surface area contributed by atoms with Crippen molar-refractivity contribution in [2.24, 2.45) is 0 Å². The summed E-state index contributed by atoms with van der Waals surface area (Å²) in [4.78, 5) is 11.7. The highest BCUT2D eigenvalue weighted by molar-refractivity contribution is 6.77. The Balaban J connectivity index is 2.05. The topological polar surface area (TPSA) is 38.3 Å². The number of rotatable bonds is 18. The lowest BCUT2D eigenvalue weighted by Gasteiger charge is -2.22. The molecule has 0 amide bonds. The minimum absolute atomic E-state index is 0.247. The lowest BCUT2D eigenvalue weighted by Crippen LogP contribution is -2.24. The molecule has 30 heavy (non-hydrogen) atoms. The molecule has 0 fully saturated rings. The number of carbonyl (C=O) groups is 1. The fourth-order valence-corrected chi connectivity index (χ4v) is 6.60. The van der Waals surface area contributed by atoms with Crippen LogP contribution in [0.1, 0.15) is 94.8 Å². The largest absolute Gasteiger partial charge is 0.462 e. The van der Waals surface area contributed by atoms with Gasteiger partial charge in [-0.15, -0.1) is 0 Å². The maximum atomic E-state index is 11.7. The average molecular weight is 434 g/mol. The van der Waals surface area contributed by atoms with Crippen LogP contribution in [0, 0.1) is 0 Å². The van der Waals surface area contributed by atoms with Gasteiger partial charge in [0, 0.05) is 20.3 Å². The highest BCUT2D eigenvalue weighted by Crippen LogP contribution is 2.23. The maximum absolute atomic E-state index is 11.7. The van der Waals surface area contributed by atoms with Gasteiger partial charge in [-0.3, -0.25) is 0 Å². The molecule has 3 nitrogen and oxygen atoms in total. The van der Waals surface area contributed by atoms with E-state index in [9.17, 15) is 4.79 Å². The van der Waals surface area contributed by atoms with Crippen LogP contribution in [0.5, 0.6) is 0 Å². The molecule has 0 heterocycles. The molecule has 4 heteroatoms. The first kappa shape index (κ1) is 26.7. The first-order chi connectivity index (χ1) is 14.5. The summed E-state index contributed by atoms with van der Waals surface area (Å²) in [5.74, 6) is -0.247. The summed E-state index contributed by atoms with van der Waals surface area (Å²) >= 11 is 0. The fourth-order valence-electron chi connectivity index (χ4n) is 3.94. The second-order valence-corrected chi connectivity index (χ2v) is 14.8. The van der Waals surface area contributed by atoms with Crippen molar-refractivity contribution in [3.63, 3.8) is 0 Å². The number of ether oxygens (including phenoxy) is 1. The van der Waals surface area contributed by atoms with Gasteiger partial charge in [0.15, 0.2) is 0 Å². The van der Waals surface area contributed by atoms with Crippen LogP contribution in [0.3, 0.4) is 0 Å². The SMILES string of the molecule is CCCCCCCCCC[Si](C)(C)CCCCCNc1ccc(C(=O)OCC)cc1. The predicted octanol–water partition coefficient (Wildman–Crippen LogP) is 8.29. The molecule has 0 atom stereocenters. The first-order valence-electron chi connectivity index (χ1n) is 12.5. The van der Waals surface area contributed by atoms with Crippen molar-refractivity contribution in [3.05, 3.63) is 29.8 Å². The maximum Gasteiger partial charge on any atom is 0.338 e. The van der Waals surface area contributed by atoms with Crippen molar-refractivity contribution in [2.75, 3.05) is 18.5 Å². The molecule has 0 radical (unpaired) electrons. The van der Waals surface area contributed by atoms with Crippen LogP contribution in [0.2, 0.25) is 25.2 Å². The average Bonchev–Trinajstić information content (AvgIpc) is 2.73. The molecule has 0 unspecified atom stereocenters. The van der Waals surface area contributed by atoms with Gasteiger partial charge in [-0.2, -0.15) is 0 Å². The summed E-state index contributed by atoms with van der Waals surface area (Å²) in [5, 5.41) is 3.47. The summed E-state index contributed by atoms with van der Waals surface area (Å²) < 4.78 is 5.02. The zero-order chi connectivity index (χ0) is 22.1. The van der Waals surface area contributed by atoms with Crippen molar-refractivity contribution < 1.29 is 9.53 Å². The van der Waals surface area contributed by atoms with Crippen molar-refractivity contribution >= 4 is 19.7 Å². The second kappa shape index (κ2) is 16.4. The van der Waals surface area contributed by atoms with Gasteiger partial charge < -0.3 is 10.1 Å². The van der Waals surface area contributed by atoms with E-state index in [1.807, 2.05) is 31.2 Å².